The van der Waals surface area contributed by atoms with Gasteiger partial charge in [-0.05, 0) is 38.5 Å². The average molecular weight is 643 g/mol. The number of fused-ring (bicyclic) bond motifs is 12. The SMILES string of the molecule is COC(=O)C1CC2CC(C1)N1C=C(CNCC3=CN(NN3)C3CC(C(=O)OC)CC(C3)N3C=C(CNCC4=CN2NN4)NN3)NN1. The van der Waals surface area contributed by atoms with E-state index in [1.807, 2.05) is 0 Å². The Morgan fingerprint density at radius 3 is 1.07 bits per heavy atom. The Kier molecular flexibility index (Phi) is 8.96. The van der Waals surface area contributed by atoms with Gasteiger partial charge in [0.15, 0.2) is 0 Å². The molecule has 0 aromatic rings. The largest absolute Gasteiger partial charge is 0.469 e. The van der Waals surface area contributed by atoms with E-state index < -0.39 is 0 Å². The Morgan fingerprint density at radius 2 is 0.804 bits per heavy atom. The number of ether oxygens (including phenoxy) is 2. The molecule has 0 aromatic heterocycles. The summed E-state index contributed by atoms with van der Waals surface area (Å²) >= 11 is 0. The summed E-state index contributed by atoms with van der Waals surface area (Å²) in [5.74, 6) is -0.778. The van der Waals surface area contributed by atoms with Crippen molar-refractivity contribution in [1.29, 1.82) is 0 Å². The van der Waals surface area contributed by atoms with Crippen molar-refractivity contribution in [3.05, 3.63) is 47.6 Å². The van der Waals surface area contributed by atoms with E-state index in [1.165, 1.54) is 14.2 Å². The van der Waals surface area contributed by atoms with Crippen molar-refractivity contribution in [2.24, 2.45) is 11.8 Å². The van der Waals surface area contributed by atoms with Crippen LogP contribution in [0.4, 0.5) is 0 Å². The molecule has 4 atom stereocenters. The Bertz CT molecular complexity index is 1120. The third kappa shape index (κ3) is 6.62. The fourth-order valence-electron chi connectivity index (χ4n) is 7.43. The quantitative estimate of drug-likeness (QED) is 0.140. The molecule has 252 valence electrons. The number of methoxy groups -OCH3 is 2. The molecule has 4 unspecified atom stereocenters. The van der Waals surface area contributed by atoms with E-state index in [4.69, 9.17) is 9.47 Å². The van der Waals surface area contributed by atoms with Gasteiger partial charge in [0.25, 0.3) is 0 Å². The second-order valence-corrected chi connectivity index (χ2v) is 12.9. The lowest BCUT2D eigenvalue weighted by molar-refractivity contribution is -0.149. The predicted octanol–water partition coefficient (Wildman–Crippen LogP) is -2.74. The number of hydrogen-bond acceptors (Lipinski definition) is 18. The Hall–Kier alpha value is -3.94. The van der Waals surface area contributed by atoms with Crippen LogP contribution in [0.15, 0.2) is 47.6 Å². The summed E-state index contributed by atoms with van der Waals surface area (Å²) < 4.78 is 10.3. The fraction of sp³-hybridized carbons (Fsp3) is 0.643. The van der Waals surface area contributed by atoms with Crippen LogP contribution in [-0.2, 0) is 19.1 Å². The molecule has 7 aliphatic rings. The fourth-order valence-corrected chi connectivity index (χ4v) is 7.43. The zero-order valence-electron chi connectivity index (χ0n) is 26.3. The summed E-state index contributed by atoms with van der Waals surface area (Å²) in [4.78, 5) is 25.4. The first-order chi connectivity index (χ1) is 22.4. The van der Waals surface area contributed by atoms with Gasteiger partial charge < -0.3 is 41.8 Å². The van der Waals surface area contributed by atoms with Gasteiger partial charge in [-0.3, -0.25) is 29.6 Å². The normalized spacial score (nSPS) is 32.8. The molecule has 18 nitrogen and oxygen atoms in total. The topological polar surface area (TPSA) is 186 Å². The van der Waals surface area contributed by atoms with Crippen molar-refractivity contribution < 1.29 is 19.1 Å². The number of rotatable bonds is 2. The van der Waals surface area contributed by atoms with Crippen molar-refractivity contribution in [2.45, 2.75) is 62.7 Å². The Balaban J connectivity index is 1.10. The van der Waals surface area contributed by atoms with Gasteiger partial charge in [-0.2, -0.15) is 0 Å². The molecular formula is C28H46N14O4. The summed E-state index contributed by atoms with van der Waals surface area (Å²) in [6.45, 7) is 2.48. The average Bonchev–Trinajstić information content (AvgIpc) is 3.91. The van der Waals surface area contributed by atoms with E-state index in [-0.39, 0.29) is 47.9 Å². The molecular weight excluding hydrogens is 596 g/mol. The van der Waals surface area contributed by atoms with Gasteiger partial charge in [-0.15, -0.1) is 22.1 Å². The highest BCUT2D eigenvalue weighted by Gasteiger charge is 2.41. The zero-order chi connectivity index (χ0) is 31.6. The minimum absolute atomic E-state index is 0.0803. The van der Waals surface area contributed by atoms with Crippen LogP contribution < -0.4 is 54.5 Å². The number of hydrogen-bond donors (Lipinski definition) is 10. The number of esters is 2. The van der Waals surface area contributed by atoms with Gasteiger partial charge in [-0.1, -0.05) is 0 Å². The van der Waals surface area contributed by atoms with E-state index in [2.05, 4.69) is 99.3 Å². The van der Waals surface area contributed by atoms with Crippen LogP contribution in [0.25, 0.3) is 0 Å². The molecule has 10 N–H and O–H groups in total. The number of nitrogens with one attached hydrogen (secondary N) is 10. The molecule has 0 aromatic carbocycles. The lowest BCUT2D eigenvalue weighted by atomic mass is 9.82. The van der Waals surface area contributed by atoms with Crippen LogP contribution in [0.5, 0.6) is 0 Å². The van der Waals surface area contributed by atoms with E-state index in [0.717, 1.165) is 35.6 Å². The number of nitrogens with zero attached hydrogens (tertiary/aromatic N) is 4. The van der Waals surface area contributed by atoms with E-state index in [9.17, 15) is 9.59 Å². The number of carbonyl (C=O) groups is 2. The molecule has 0 radical (unpaired) electrons. The van der Waals surface area contributed by atoms with Gasteiger partial charge in [0.1, 0.15) is 0 Å². The zero-order valence-corrected chi connectivity index (χ0v) is 26.3. The van der Waals surface area contributed by atoms with Crippen molar-refractivity contribution in [1.82, 2.24) is 74.5 Å². The number of carbonyl (C=O) groups excluding carboxylic acids is 2. The highest BCUT2D eigenvalue weighted by molar-refractivity contribution is 5.73. The summed E-state index contributed by atoms with van der Waals surface area (Å²) in [6.07, 6.45) is 12.8. The molecule has 2 fully saturated rings. The maximum Gasteiger partial charge on any atom is 0.308 e. The molecule has 5 aliphatic heterocycles. The summed E-state index contributed by atoms with van der Waals surface area (Å²) in [5, 5.41) is 15.3. The van der Waals surface area contributed by atoms with Crippen molar-refractivity contribution in [3.63, 3.8) is 0 Å². The first kappa shape index (κ1) is 30.7. The second kappa shape index (κ2) is 13.4. The van der Waals surface area contributed by atoms with Gasteiger partial charge in [0.05, 0.1) is 48.8 Å². The first-order valence-corrected chi connectivity index (χ1v) is 16.1. The lowest BCUT2D eigenvalue weighted by Gasteiger charge is -2.40. The molecule has 7 rings (SSSR count). The van der Waals surface area contributed by atoms with Gasteiger partial charge in [-0.25, -0.2) is 0 Å². The first-order valence-electron chi connectivity index (χ1n) is 16.1. The Labute approximate surface area is 268 Å². The van der Waals surface area contributed by atoms with Crippen LogP contribution in [0.2, 0.25) is 0 Å². The van der Waals surface area contributed by atoms with Crippen LogP contribution in [0.3, 0.4) is 0 Å². The smallest absolute Gasteiger partial charge is 0.308 e. The number of hydrazine groups is 8. The molecule has 0 spiro atoms. The van der Waals surface area contributed by atoms with Gasteiger partial charge in [0.2, 0.25) is 0 Å². The van der Waals surface area contributed by atoms with Gasteiger partial charge >= 0.3 is 11.9 Å². The molecule has 2 saturated carbocycles. The van der Waals surface area contributed by atoms with Crippen molar-refractivity contribution in [3.8, 4) is 0 Å². The monoisotopic (exact) mass is 642 g/mol. The molecule has 5 heterocycles. The second-order valence-electron chi connectivity index (χ2n) is 12.9. The molecule has 18 heteroatoms. The molecule has 2 aliphatic carbocycles. The maximum atomic E-state index is 12.7. The van der Waals surface area contributed by atoms with Crippen LogP contribution in [0, 0.1) is 11.8 Å². The third-order valence-corrected chi connectivity index (χ3v) is 9.78. The minimum Gasteiger partial charge on any atom is -0.469 e. The summed E-state index contributed by atoms with van der Waals surface area (Å²) in [6, 6.07) is 0.321. The van der Waals surface area contributed by atoms with Gasteiger partial charge in [0, 0.05) is 75.1 Å². The van der Waals surface area contributed by atoms with Crippen molar-refractivity contribution >= 4 is 11.9 Å². The molecule has 12 bridgehead atoms. The summed E-state index contributed by atoms with van der Waals surface area (Å²) in [7, 11) is 2.92. The van der Waals surface area contributed by atoms with Crippen molar-refractivity contribution in [2.75, 3.05) is 40.4 Å². The highest BCUT2D eigenvalue weighted by Crippen LogP contribution is 2.34. The standard InChI is InChI=1S/C28H46N14O4/c1-45-27(43)17-3-23-7-24(4-17)40-14-20(32-36-40)10-30-12-22-16-42(38-34-22)26-6-18(28(44)46-2)5-25(8-26)41-15-21(33-37-41)11-29-9-19-13-39(23)35-31-19/h13-18,23-26,29-38H,3-12H2,1-2H3. The lowest BCUT2D eigenvalue weighted by Crippen LogP contribution is -2.53. The van der Waals surface area contributed by atoms with E-state index >= 15 is 0 Å². The van der Waals surface area contributed by atoms with E-state index in [1.54, 1.807) is 0 Å². The predicted molar refractivity (Wildman–Crippen MR) is 164 cm³/mol. The third-order valence-electron chi connectivity index (χ3n) is 9.78. The summed E-state index contributed by atoms with van der Waals surface area (Å²) in [5.41, 5.74) is 30.3. The minimum atomic E-state index is -0.212. The molecule has 46 heavy (non-hydrogen) atoms. The van der Waals surface area contributed by atoms with Crippen LogP contribution in [0.1, 0.15) is 38.5 Å². The Morgan fingerprint density at radius 1 is 0.522 bits per heavy atom. The molecule has 0 amide bonds. The molecule has 0 saturated heterocycles. The van der Waals surface area contributed by atoms with Crippen LogP contribution in [-0.4, -0.2) is 96.5 Å². The maximum absolute atomic E-state index is 12.7. The van der Waals surface area contributed by atoms with Crippen LogP contribution >= 0.6 is 0 Å². The van der Waals surface area contributed by atoms with E-state index in [0.29, 0.717) is 51.9 Å². The highest BCUT2D eigenvalue weighted by atomic mass is 16.5.